The van der Waals surface area contributed by atoms with Crippen molar-refractivity contribution in [2.24, 2.45) is 5.92 Å². The molecule has 0 aromatic rings. The Morgan fingerprint density at radius 1 is 1.22 bits per heavy atom. The molecule has 18 heavy (non-hydrogen) atoms. The molecule has 0 aromatic carbocycles. The van der Waals surface area contributed by atoms with Gasteiger partial charge in [0, 0.05) is 6.54 Å². The van der Waals surface area contributed by atoms with Crippen LogP contribution in [0.4, 0.5) is 0 Å². The molecule has 2 aliphatic carbocycles. The molecule has 0 bridgehead atoms. The minimum absolute atomic E-state index is 0.0390. The van der Waals surface area contributed by atoms with Crippen molar-refractivity contribution in [1.82, 2.24) is 10.2 Å². The van der Waals surface area contributed by atoms with Crippen LogP contribution >= 0.6 is 0 Å². The van der Waals surface area contributed by atoms with Crippen LogP contribution in [-0.4, -0.2) is 34.8 Å². The zero-order valence-electron chi connectivity index (χ0n) is 11.1. The Kier molecular flexibility index (Phi) is 2.83. The molecule has 2 amide bonds. The molecule has 1 atom stereocenters. The van der Waals surface area contributed by atoms with E-state index in [-0.39, 0.29) is 17.9 Å². The van der Waals surface area contributed by atoms with Gasteiger partial charge in [-0.15, -0.1) is 0 Å². The number of carbonyl (C=O) groups is 2. The molecule has 1 unspecified atom stereocenters. The molecule has 1 heterocycles. The number of carbonyl (C=O) groups excluding carboxylic acids is 2. The van der Waals surface area contributed by atoms with Crippen molar-refractivity contribution in [3.05, 3.63) is 0 Å². The third kappa shape index (κ3) is 1.91. The van der Waals surface area contributed by atoms with Crippen LogP contribution in [0, 0.1) is 5.92 Å². The SMILES string of the molecule is CC1C(=O)NC2(CCCCC2)C(=O)N1CC1CC1. The molecule has 4 nitrogen and oxygen atoms in total. The predicted octanol–water partition coefficient (Wildman–Crippen LogP) is 1.45. The molecular formula is C14H22N2O2. The summed E-state index contributed by atoms with van der Waals surface area (Å²) >= 11 is 0. The summed E-state index contributed by atoms with van der Waals surface area (Å²) in [5.41, 5.74) is -0.559. The van der Waals surface area contributed by atoms with E-state index in [4.69, 9.17) is 0 Å². The number of amides is 2. The molecule has 3 aliphatic rings. The molecule has 1 spiro atoms. The zero-order chi connectivity index (χ0) is 12.8. The predicted molar refractivity (Wildman–Crippen MR) is 67.9 cm³/mol. The minimum atomic E-state index is -0.559. The second kappa shape index (κ2) is 4.25. The highest BCUT2D eigenvalue weighted by atomic mass is 16.2. The molecule has 4 heteroatoms. The number of rotatable bonds is 2. The summed E-state index contributed by atoms with van der Waals surface area (Å²) in [7, 11) is 0. The van der Waals surface area contributed by atoms with Crippen molar-refractivity contribution in [1.29, 1.82) is 0 Å². The lowest BCUT2D eigenvalue weighted by molar-refractivity contribution is -0.156. The van der Waals surface area contributed by atoms with Gasteiger partial charge in [0.2, 0.25) is 11.8 Å². The highest BCUT2D eigenvalue weighted by Gasteiger charge is 2.50. The summed E-state index contributed by atoms with van der Waals surface area (Å²) in [6.45, 7) is 2.64. The monoisotopic (exact) mass is 250 g/mol. The van der Waals surface area contributed by atoms with Gasteiger partial charge in [0.1, 0.15) is 11.6 Å². The Balaban J connectivity index is 1.82. The maximum absolute atomic E-state index is 12.7. The van der Waals surface area contributed by atoms with E-state index < -0.39 is 5.54 Å². The van der Waals surface area contributed by atoms with Crippen LogP contribution < -0.4 is 5.32 Å². The van der Waals surface area contributed by atoms with Gasteiger partial charge >= 0.3 is 0 Å². The molecule has 3 rings (SSSR count). The van der Waals surface area contributed by atoms with Gasteiger partial charge in [-0.05, 0) is 38.5 Å². The van der Waals surface area contributed by atoms with E-state index in [9.17, 15) is 9.59 Å². The second-order valence-electron chi connectivity index (χ2n) is 6.21. The van der Waals surface area contributed by atoms with Crippen LogP contribution in [-0.2, 0) is 9.59 Å². The Morgan fingerprint density at radius 2 is 1.89 bits per heavy atom. The fraction of sp³-hybridized carbons (Fsp3) is 0.857. The maximum Gasteiger partial charge on any atom is 0.249 e. The molecule has 1 aliphatic heterocycles. The number of hydrogen-bond acceptors (Lipinski definition) is 2. The van der Waals surface area contributed by atoms with Crippen LogP contribution in [0.15, 0.2) is 0 Å². The topological polar surface area (TPSA) is 49.4 Å². The number of hydrogen-bond donors (Lipinski definition) is 1. The summed E-state index contributed by atoms with van der Waals surface area (Å²) < 4.78 is 0. The van der Waals surface area contributed by atoms with Gasteiger partial charge in [-0.25, -0.2) is 0 Å². The molecule has 100 valence electrons. The molecule has 3 fully saturated rings. The fourth-order valence-corrected chi connectivity index (χ4v) is 3.30. The van der Waals surface area contributed by atoms with Crippen LogP contribution in [0.5, 0.6) is 0 Å². The van der Waals surface area contributed by atoms with Gasteiger partial charge in [0.25, 0.3) is 0 Å². The lowest BCUT2D eigenvalue weighted by atomic mass is 9.78. The van der Waals surface area contributed by atoms with Crippen LogP contribution in [0.2, 0.25) is 0 Å². The minimum Gasteiger partial charge on any atom is -0.340 e. The summed E-state index contributed by atoms with van der Waals surface area (Å²) in [4.78, 5) is 26.7. The third-order valence-electron chi connectivity index (χ3n) is 4.74. The number of piperazine rings is 1. The van der Waals surface area contributed by atoms with Crippen molar-refractivity contribution in [2.45, 2.75) is 63.5 Å². The van der Waals surface area contributed by atoms with E-state index in [1.807, 2.05) is 11.8 Å². The van der Waals surface area contributed by atoms with Crippen LogP contribution in [0.1, 0.15) is 51.9 Å². The first kappa shape index (κ1) is 12.0. The van der Waals surface area contributed by atoms with Gasteiger partial charge in [0.15, 0.2) is 0 Å². The third-order valence-corrected chi connectivity index (χ3v) is 4.74. The smallest absolute Gasteiger partial charge is 0.249 e. The summed E-state index contributed by atoms with van der Waals surface area (Å²) in [6.07, 6.45) is 7.37. The average molecular weight is 250 g/mol. The van der Waals surface area contributed by atoms with Crippen molar-refractivity contribution in [3.63, 3.8) is 0 Å². The number of nitrogens with zero attached hydrogens (tertiary/aromatic N) is 1. The number of nitrogens with one attached hydrogen (secondary N) is 1. The summed E-state index contributed by atoms with van der Waals surface area (Å²) in [5.74, 6) is 0.862. The quantitative estimate of drug-likeness (QED) is 0.806. The maximum atomic E-state index is 12.7. The van der Waals surface area contributed by atoms with Crippen molar-refractivity contribution < 1.29 is 9.59 Å². The van der Waals surface area contributed by atoms with Crippen LogP contribution in [0.3, 0.4) is 0 Å². The first-order valence-electron chi connectivity index (χ1n) is 7.25. The highest BCUT2D eigenvalue weighted by molar-refractivity contribution is 5.99. The summed E-state index contributed by atoms with van der Waals surface area (Å²) in [5, 5.41) is 3.02. The molecular weight excluding hydrogens is 228 g/mol. The molecule has 2 saturated carbocycles. The van der Waals surface area contributed by atoms with Gasteiger partial charge in [-0.1, -0.05) is 19.3 Å². The highest BCUT2D eigenvalue weighted by Crippen LogP contribution is 2.36. The second-order valence-corrected chi connectivity index (χ2v) is 6.21. The van der Waals surface area contributed by atoms with Crippen molar-refractivity contribution in [3.8, 4) is 0 Å². The average Bonchev–Trinajstić information content (AvgIpc) is 3.18. The summed E-state index contributed by atoms with van der Waals surface area (Å²) in [6, 6.07) is -0.286. The van der Waals surface area contributed by atoms with Gasteiger partial charge in [-0.3, -0.25) is 9.59 Å². The van der Waals surface area contributed by atoms with Gasteiger partial charge in [0.05, 0.1) is 0 Å². The Morgan fingerprint density at radius 3 is 2.50 bits per heavy atom. The van der Waals surface area contributed by atoms with E-state index in [0.717, 1.165) is 32.2 Å². The molecule has 1 N–H and O–H groups in total. The van der Waals surface area contributed by atoms with E-state index in [2.05, 4.69) is 5.32 Å². The van der Waals surface area contributed by atoms with E-state index in [1.165, 1.54) is 19.3 Å². The lowest BCUT2D eigenvalue weighted by Crippen LogP contribution is -2.70. The lowest BCUT2D eigenvalue weighted by Gasteiger charge is -2.47. The standard InChI is InChI=1S/C14H22N2O2/c1-10-12(17)15-14(7-3-2-4-8-14)13(18)16(10)9-11-5-6-11/h10-11H,2-9H2,1H3,(H,15,17). The molecule has 0 radical (unpaired) electrons. The van der Waals surface area contributed by atoms with E-state index in [1.54, 1.807) is 0 Å². The van der Waals surface area contributed by atoms with Gasteiger partial charge < -0.3 is 10.2 Å². The Bertz CT molecular complexity index is 370. The van der Waals surface area contributed by atoms with Crippen molar-refractivity contribution >= 4 is 11.8 Å². The van der Waals surface area contributed by atoms with E-state index in [0.29, 0.717) is 5.92 Å². The Labute approximate surface area is 108 Å². The molecule has 0 aromatic heterocycles. The Hall–Kier alpha value is -1.06. The van der Waals surface area contributed by atoms with E-state index >= 15 is 0 Å². The van der Waals surface area contributed by atoms with Gasteiger partial charge in [-0.2, -0.15) is 0 Å². The first-order chi connectivity index (χ1) is 8.62. The largest absolute Gasteiger partial charge is 0.340 e. The molecule has 1 saturated heterocycles. The van der Waals surface area contributed by atoms with Crippen LogP contribution in [0.25, 0.3) is 0 Å². The first-order valence-corrected chi connectivity index (χ1v) is 7.25. The normalized spacial score (nSPS) is 31.6. The fourth-order valence-electron chi connectivity index (χ4n) is 3.30. The zero-order valence-corrected chi connectivity index (χ0v) is 11.1. The van der Waals surface area contributed by atoms with Crippen molar-refractivity contribution in [2.75, 3.05) is 6.54 Å².